The van der Waals surface area contributed by atoms with Gasteiger partial charge in [-0.1, -0.05) is 0 Å². The highest BCUT2D eigenvalue weighted by Gasteiger charge is 2.17. The monoisotopic (exact) mass is 244 g/mol. The van der Waals surface area contributed by atoms with Gasteiger partial charge in [-0.2, -0.15) is 5.10 Å². The number of nitrogens with zero attached hydrogens (tertiary/aromatic N) is 3. The Labute approximate surface area is 105 Å². The van der Waals surface area contributed by atoms with E-state index < -0.39 is 0 Å². The summed E-state index contributed by atoms with van der Waals surface area (Å²) in [6.45, 7) is 3.89. The maximum atomic E-state index is 12.0. The van der Waals surface area contributed by atoms with E-state index >= 15 is 0 Å². The molecule has 0 saturated heterocycles. The zero-order chi connectivity index (χ0) is 12.7. The fraction of sp³-hybridized carbons (Fsp3) is 0.462. The van der Waals surface area contributed by atoms with E-state index in [0.29, 0.717) is 5.95 Å². The summed E-state index contributed by atoms with van der Waals surface area (Å²) in [4.78, 5) is 19.4. The van der Waals surface area contributed by atoms with Crippen molar-refractivity contribution < 1.29 is 0 Å². The van der Waals surface area contributed by atoms with Crippen molar-refractivity contribution in [3.63, 3.8) is 0 Å². The smallest absolute Gasteiger partial charge is 0.255 e. The van der Waals surface area contributed by atoms with Gasteiger partial charge in [-0.15, -0.1) is 0 Å². The zero-order valence-electron chi connectivity index (χ0n) is 10.7. The van der Waals surface area contributed by atoms with E-state index in [4.69, 9.17) is 0 Å². The van der Waals surface area contributed by atoms with E-state index in [2.05, 4.69) is 15.1 Å². The molecule has 0 saturated carbocycles. The normalized spacial score (nSPS) is 14.6. The van der Waals surface area contributed by atoms with Crippen LogP contribution in [0.2, 0.25) is 0 Å². The van der Waals surface area contributed by atoms with Crippen LogP contribution in [0.4, 0.5) is 0 Å². The van der Waals surface area contributed by atoms with Gasteiger partial charge in [0.15, 0.2) is 0 Å². The van der Waals surface area contributed by atoms with Crippen LogP contribution >= 0.6 is 0 Å². The molecule has 3 rings (SSSR count). The van der Waals surface area contributed by atoms with Crippen molar-refractivity contribution in [2.75, 3.05) is 0 Å². The van der Waals surface area contributed by atoms with Crippen molar-refractivity contribution in [2.45, 2.75) is 39.5 Å². The first kappa shape index (κ1) is 11.2. The molecule has 2 aromatic heterocycles. The van der Waals surface area contributed by atoms with Crippen LogP contribution in [0.25, 0.3) is 5.95 Å². The highest BCUT2D eigenvalue weighted by molar-refractivity contribution is 5.26. The molecule has 0 spiro atoms. The minimum Gasteiger partial charge on any atom is -0.291 e. The third kappa shape index (κ3) is 1.75. The largest absolute Gasteiger partial charge is 0.291 e. The van der Waals surface area contributed by atoms with Gasteiger partial charge in [0.1, 0.15) is 0 Å². The molecule has 1 aliphatic carbocycles. The maximum Gasteiger partial charge on any atom is 0.255 e. The van der Waals surface area contributed by atoms with E-state index in [-0.39, 0.29) is 5.56 Å². The summed E-state index contributed by atoms with van der Waals surface area (Å²) in [5.41, 5.74) is 3.68. The molecule has 1 aliphatic rings. The molecule has 1 N–H and O–H groups in total. The summed E-state index contributed by atoms with van der Waals surface area (Å²) in [6.07, 6.45) is 3.93. The molecule has 0 aromatic carbocycles. The molecule has 5 heteroatoms. The molecular formula is C13H16N4O. The fourth-order valence-electron chi connectivity index (χ4n) is 2.53. The van der Waals surface area contributed by atoms with E-state index in [1.807, 2.05) is 19.9 Å². The van der Waals surface area contributed by atoms with Gasteiger partial charge in [-0.05, 0) is 45.6 Å². The van der Waals surface area contributed by atoms with Gasteiger partial charge in [-0.25, -0.2) is 9.67 Å². The van der Waals surface area contributed by atoms with Gasteiger partial charge < -0.3 is 0 Å². The lowest BCUT2D eigenvalue weighted by Gasteiger charge is -2.14. The molecule has 0 amide bonds. The highest BCUT2D eigenvalue weighted by Crippen LogP contribution is 2.17. The predicted octanol–water partition coefficient (Wildman–Crippen LogP) is 1.45. The summed E-state index contributed by atoms with van der Waals surface area (Å²) in [7, 11) is 0. The van der Waals surface area contributed by atoms with Crippen LogP contribution in [0.1, 0.15) is 35.5 Å². The number of rotatable bonds is 1. The summed E-state index contributed by atoms with van der Waals surface area (Å²) in [5.74, 6) is 0.534. The fourth-order valence-corrected chi connectivity index (χ4v) is 2.53. The average molecular weight is 244 g/mol. The molecule has 0 atom stereocenters. The van der Waals surface area contributed by atoms with Gasteiger partial charge in [0.05, 0.1) is 11.4 Å². The number of aromatic amines is 1. The second-order valence-electron chi connectivity index (χ2n) is 4.86. The molecule has 0 unspecified atom stereocenters. The molecule has 5 nitrogen and oxygen atoms in total. The number of aryl methyl sites for hydroxylation is 3. The standard InChI is InChI=1S/C13H16N4O/c1-8-7-9(2)17(16-8)13-14-11-6-4-3-5-10(11)12(18)15-13/h7H,3-6H2,1-2H3,(H,14,15,18). The van der Waals surface area contributed by atoms with Gasteiger partial charge in [0, 0.05) is 11.3 Å². The lowest BCUT2D eigenvalue weighted by molar-refractivity contribution is 0.643. The quantitative estimate of drug-likeness (QED) is 0.825. The zero-order valence-corrected chi connectivity index (χ0v) is 10.7. The SMILES string of the molecule is Cc1cc(C)n(-c2nc3c(c(=O)[nH]2)CCCC3)n1. The van der Waals surface area contributed by atoms with E-state index in [9.17, 15) is 4.79 Å². The lowest BCUT2D eigenvalue weighted by Crippen LogP contribution is -2.24. The van der Waals surface area contributed by atoms with Crippen LogP contribution in [-0.4, -0.2) is 19.7 Å². The number of aromatic nitrogens is 4. The van der Waals surface area contributed by atoms with E-state index in [1.165, 1.54) is 0 Å². The van der Waals surface area contributed by atoms with Crippen LogP contribution in [0.5, 0.6) is 0 Å². The molecule has 0 bridgehead atoms. The maximum absolute atomic E-state index is 12.0. The summed E-state index contributed by atoms with van der Waals surface area (Å²) < 4.78 is 1.70. The summed E-state index contributed by atoms with van der Waals surface area (Å²) in [5, 5.41) is 4.35. The minimum atomic E-state index is -0.0118. The first-order chi connectivity index (χ1) is 8.65. The van der Waals surface area contributed by atoms with E-state index in [1.54, 1.807) is 4.68 Å². The Morgan fingerprint density at radius 2 is 2.06 bits per heavy atom. The molecule has 18 heavy (non-hydrogen) atoms. The van der Waals surface area contributed by atoms with Crippen molar-refractivity contribution >= 4 is 0 Å². The van der Waals surface area contributed by atoms with Crippen molar-refractivity contribution in [2.24, 2.45) is 0 Å². The van der Waals surface area contributed by atoms with Crippen molar-refractivity contribution in [3.05, 3.63) is 39.1 Å². The van der Waals surface area contributed by atoms with Crippen LogP contribution in [0.3, 0.4) is 0 Å². The Hall–Kier alpha value is -1.91. The minimum absolute atomic E-state index is 0.0118. The highest BCUT2D eigenvalue weighted by atomic mass is 16.1. The average Bonchev–Trinajstić information content (AvgIpc) is 2.68. The molecule has 0 radical (unpaired) electrons. The second-order valence-corrected chi connectivity index (χ2v) is 4.86. The predicted molar refractivity (Wildman–Crippen MR) is 68.1 cm³/mol. The summed E-state index contributed by atoms with van der Waals surface area (Å²) >= 11 is 0. The van der Waals surface area contributed by atoms with Crippen LogP contribution in [0.15, 0.2) is 10.9 Å². The number of fused-ring (bicyclic) bond motifs is 1. The van der Waals surface area contributed by atoms with Gasteiger partial charge in [0.2, 0.25) is 5.95 Å². The Morgan fingerprint density at radius 3 is 2.78 bits per heavy atom. The van der Waals surface area contributed by atoms with Crippen LogP contribution in [-0.2, 0) is 12.8 Å². The Morgan fingerprint density at radius 1 is 1.28 bits per heavy atom. The van der Waals surface area contributed by atoms with Crippen molar-refractivity contribution in [3.8, 4) is 5.95 Å². The number of hydrogen-bond donors (Lipinski definition) is 1. The van der Waals surface area contributed by atoms with Crippen LogP contribution in [0, 0.1) is 13.8 Å². The summed E-state index contributed by atoms with van der Waals surface area (Å²) in [6, 6.07) is 1.97. The van der Waals surface area contributed by atoms with E-state index in [0.717, 1.165) is 48.3 Å². The molecule has 0 fully saturated rings. The molecule has 0 aliphatic heterocycles. The first-order valence-electron chi connectivity index (χ1n) is 6.31. The van der Waals surface area contributed by atoms with Gasteiger partial charge in [0.25, 0.3) is 5.56 Å². The van der Waals surface area contributed by atoms with Crippen molar-refractivity contribution in [1.82, 2.24) is 19.7 Å². The molecular weight excluding hydrogens is 228 g/mol. The second kappa shape index (κ2) is 4.08. The first-order valence-corrected chi connectivity index (χ1v) is 6.31. The molecule has 2 heterocycles. The van der Waals surface area contributed by atoms with Gasteiger partial charge >= 0.3 is 0 Å². The molecule has 2 aromatic rings. The lowest BCUT2D eigenvalue weighted by atomic mass is 9.97. The third-order valence-electron chi connectivity index (χ3n) is 3.39. The number of H-pyrrole nitrogens is 1. The van der Waals surface area contributed by atoms with Crippen molar-refractivity contribution in [1.29, 1.82) is 0 Å². The van der Waals surface area contributed by atoms with Gasteiger partial charge in [-0.3, -0.25) is 9.78 Å². The van der Waals surface area contributed by atoms with Crippen LogP contribution < -0.4 is 5.56 Å². The Bertz CT molecular complexity index is 653. The molecule has 94 valence electrons. The Balaban J connectivity index is 2.17. The third-order valence-corrected chi connectivity index (χ3v) is 3.39. The number of hydrogen-bond acceptors (Lipinski definition) is 3. The topological polar surface area (TPSA) is 63.6 Å². The number of nitrogens with one attached hydrogen (secondary N) is 1. The Kier molecular flexibility index (Phi) is 2.54.